The van der Waals surface area contributed by atoms with Crippen molar-refractivity contribution in [1.29, 1.82) is 0 Å². The molecule has 0 bridgehead atoms. The van der Waals surface area contributed by atoms with Gasteiger partial charge in [-0.1, -0.05) is 5.92 Å². The Balaban J connectivity index is 1.77. The first kappa shape index (κ1) is 16.0. The Labute approximate surface area is 129 Å². The minimum Gasteiger partial charge on any atom is -0.329 e. The van der Waals surface area contributed by atoms with Crippen molar-refractivity contribution in [2.24, 2.45) is 0 Å². The summed E-state index contributed by atoms with van der Waals surface area (Å²) in [5.74, 6) is 4.45. The van der Waals surface area contributed by atoms with Gasteiger partial charge in [0.25, 0.3) is 5.91 Å². The number of nitrogens with one attached hydrogen (secondary N) is 1. The molecule has 0 spiro atoms. The number of rotatable bonds is 3. The van der Waals surface area contributed by atoms with Crippen LogP contribution in [-0.4, -0.2) is 54.3 Å². The highest BCUT2D eigenvalue weighted by atomic mass is 19.1. The van der Waals surface area contributed by atoms with E-state index in [0.29, 0.717) is 31.9 Å². The van der Waals surface area contributed by atoms with Gasteiger partial charge in [0.15, 0.2) is 0 Å². The van der Waals surface area contributed by atoms with Crippen LogP contribution in [-0.2, 0) is 9.59 Å². The van der Waals surface area contributed by atoms with E-state index in [1.54, 1.807) is 11.8 Å². The van der Waals surface area contributed by atoms with Crippen LogP contribution in [0.5, 0.6) is 0 Å². The number of halogens is 1. The fourth-order valence-corrected chi connectivity index (χ4v) is 2.23. The zero-order valence-corrected chi connectivity index (χ0v) is 12.4. The van der Waals surface area contributed by atoms with E-state index in [-0.39, 0.29) is 24.2 Å². The maximum Gasteiger partial charge on any atom is 0.298 e. The first-order valence-electron chi connectivity index (χ1n) is 7.08. The maximum absolute atomic E-state index is 12.8. The quantitative estimate of drug-likeness (QED) is 0.845. The second kappa shape index (κ2) is 7.57. The van der Waals surface area contributed by atoms with Crippen LogP contribution in [0.25, 0.3) is 0 Å². The summed E-state index contributed by atoms with van der Waals surface area (Å²) in [4.78, 5) is 27.2. The molecule has 1 aliphatic rings. The number of anilines is 1. The molecule has 1 aromatic carbocycles. The van der Waals surface area contributed by atoms with E-state index in [1.165, 1.54) is 24.3 Å². The zero-order valence-electron chi connectivity index (χ0n) is 12.4. The number of hydrogen-bond acceptors (Lipinski definition) is 3. The molecule has 0 atom stereocenters. The van der Waals surface area contributed by atoms with Gasteiger partial charge in [0.2, 0.25) is 5.91 Å². The summed E-state index contributed by atoms with van der Waals surface area (Å²) in [6.07, 6.45) is 0. The van der Waals surface area contributed by atoms with Gasteiger partial charge in [-0.25, -0.2) is 4.39 Å². The molecule has 0 aliphatic carbocycles. The van der Waals surface area contributed by atoms with E-state index in [2.05, 4.69) is 17.2 Å². The molecule has 1 N–H and O–H groups in total. The smallest absolute Gasteiger partial charge is 0.298 e. The summed E-state index contributed by atoms with van der Waals surface area (Å²) >= 11 is 0. The van der Waals surface area contributed by atoms with E-state index < -0.39 is 0 Å². The molecule has 6 heteroatoms. The fraction of sp³-hybridized carbons (Fsp3) is 0.375. The van der Waals surface area contributed by atoms with E-state index in [0.717, 1.165) is 0 Å². The number of amides is 2. The molecule has 0 saturated carbocycles. The van der Waals surface area contributed by atoms with Crippen LogP contribution in [0.15, 0.2) is 24.3 Å². The molecule has 1 saturated heterocycles. The molecule has 5 nitrogen and oxygen atoms in total. The van der Waals surface area contributed by atoms with Gasteiger partial charge in [-0.15, -0.1) is 0 Å². The molecular formula is C16H18FN3O2. The van der Waals surface area contributed by atoms with Crippen molar-refractivity contribution < 1.29 is 14.0 Å². The lowest BCUT2D eigenvalue weighted by Gasteiger charge is -2.33. The summed E-state index contributed by atoms with van der Waals surface area (Å²) in [6.45, 7) is 4.28. The molecule has 2 rings (SSSR count). The Hall–Kier alpha value is -2.39. The minimum atomic E-state index is -0.339. The predicted molar refractivity (Wildman–Crippen MR) is 81.5 cm³/mol. The van der Waals surface area contributed by atoms with Crippen molar-refractivity contribution in [1.82, 2.24) is 9.80 Å². The first-order chi connectivity index (χ1) is 10.6. The second-order valence-electron chi connectivity index (χ2n) is 5.00. The third kappa shape index (κ3) is 4.57. The number of carbonyl (C=O) groups is 2. The lowest BCUT2D eigenvalue weighted by Crippen LogP contribution is -2.50. The number of piperazine rings is 1. The third-order valence-corrected chi connectivity index (χ3v) is 3.39. The van der Waals surface area contributed by atoms with Crippen molar-refractivity contribution in [3.05, 3.63) is 30.1 Å². The number of hydrogen-bond donors (Lipinski definition) is 1. The van der Waals surface area contributed by atoms with Gasteiger partial charge in [0.1, 0.15) is 5.82 Å². The maximum atomic E-state index is 12.8. The van der Waals surface area contributed by atoms with Gasteiger partial charge in [0.05, 0.1) is 6.54 Å². The third-order valence-electron chi connectivity index (χ3n) is 3.39. The van der Waals surface area contributed by atoms with Crippen molar-refractivity contribution in [2.75, 3.05) is 38.0 Å². The number of nitrogens with zero attached hydrogens (tertiary/aromatic N) is 2. The summed E-state index contributed by atoms with van der Waals surface area (Å²) in [7, 11) is 0. The average molecular weight is 303 g/mol. The molecule has 0 radical (unpaired) electrons. The Morgan fingerprint density at radius 2 is 1.82 bits per heavy atom. The summed E-state index contributed by atoms with van der Waals surface area (Å²) < 4.78 is 12.8. The molecule has 116 valence electrons. The molecule has 0 aromatic heterocycles. The predicted octanol–water partition coefficient (Wildman–Crippen LogP) is 0.932. The summed E-state index contributed by atoms with van der Waals surface area (Å²) in [5.41, 5.74) is 0.568. The Morgan fingerprint density at radius 3 is 2.41 bits per heavy atom. The van der Waals surface area contributed by atoms with Gasteiger partial charge in [0, 0.05) is 31.9 Å². The van der Waals surface area contributed by atoms with E-state index in [1.807, 2.05) is 4.90 Å². The van der Waals surface area contributed by atoms with E-state index in [4.69, 9.17) is 0 Å². The van der Waals surface area contributed by atoms with Crippen LogP contribution < -0.4 is 5.32 Å². The topological polar surface area (TPSA) is 52.7 Å². The Kier molecular flexibility index (Phi) is 5.50. The molecule has 1 fully saturated rings. The van der Waals surface area contributed by atoms with Crippen molar-refractivity contribution in [3.63, 3.8) is 0 Å². The Morgan fingerprint density at radius 1 is 1.18 bits per heavy atom. The second-order valence-corrected chi connectivity index (χ2v) is 5.00. The lowest BCUT2D eigenvalue weighted by atomic mass is 10.3. The lowest BCUT2D eigenvalue weighted by molar-refractivity contribution is -0.127. The van der Waals surface area contributed by atoms with Crippen molar-refractivity contribution in [2.45, 2.75) is 6.92 Å². The standard InChI is InChI=1S/C16H18FN3O2/c1-2-3-16(22)20-10-8-19(9-11-20)12-15(21)18-14-6-4-13(17)5-7-14/h4-7H,8-12H2,1H3,(H,18,21). The highest BCUT2D eigenvalue weighted by molar-refractivity contribution is 5.93. The van der Waals surface area contributed by atoms with Crippen molar-refractivity contribution >= 4 is 17.5 Å². The van der Waals surface area contributed by atoms with Crippen LogP contribution >= 0.6 is 0 Å². The monoisotopic (exact) mass is 303 g/mol. The molecule has 1 heterocycles. The van der Waals surface area contributed by atoms with Crippen molar-refractivity contribution in [3.8, 4) is 11.8 Å². The molecule has 1 aliphatic heterocycles. The number of benzene rings is 1. The van der Waals surface area contributed by atoms with Gasteiger partial charge >= 0.3 is 0 Å². The normalized spacial score (nSPS) is 14.9. The molecule has 0 unspecified atom stereocenters. The van der Waals surface area contributed by atoms with Gasteiger partial charge in [-0.3, -0.25) is 14.5 Å². The summed E-state index contributed by atoms with van der Waals surface area (Å²) in [5, 5.41) is 2.72. The van der Waals surface area contributed by atoms with Crippen LogP contribution in [0.4, 0.5) is 10.1 Å². The SMILES string of the molecule is CC#CC(=O)N1CCN(CC(=O)Nc2ccc(F)cc2)CC1. The Bertz CT molecular complexity index is 596. The largest absolute Gasteiger partial charge is 0.329 e. The molecule has 22 heavy (non-hydrogen) atoms. The molecule has 1 aromatic rings. The van der Waals surface area contributed by atoms with Gasteiger partial charge < -0.3 is 10.2 Å². The summed E-state index contributed by atoms with van der Waals surface area (Å²) in [6, 6.07) is 5.64. The van der Waals surface area contributed by atoms with Crippen LogP contribution in [0.3, 0.4) is 0 Å². The molecule has 2 amide bonds. The number of carbonyl (C=O) groups excluding carboxylic acids is 2. The van der Waals surface area contributed by atoms with Crippen LogP contribution in [0.1, 0.15) is 6.92 Å². The van der Waals surface area contributed by atoms with Crippen LogP contribution in [0, 0.1) is 17.7 Å². The fourth-order valence-electron chi connectivity index (χ4n) is 2.23. The minimum absolute atomic E-state index is 0.153. The average Bonchev–Trinajstić information content (AvgIpc) is 2.50. The van der Waals surface area contributed by atoms with Crippen LogP contribution in [0.2, 0.25) is 0 Å². The van der Waals surface area contributed by atoms with E-state index >= 15 is 0 Å². The zero-order chi connectivity index (χ0) is 15.9. The highest BCUT2D eigenvalue weighted by Crippen LogP contribution is 2.08. The molecular weight excluding hydrogens is 285 g/mol. The highest BCUT2D eigenvalue weighted by Gasteiger charge is 2.21. The van der Waals surface area contributed by atoms with E-state index in [9.17, 15) is 14.0 Å². The first-order valence-corrected chi connectivity index (χ1v) is 7.08. The van der Waals surface area contributed by atoms with Gasteiger partial charge in [-0.05, 0) is 37.1 Å². The van der Waals surface area contributed by atoms with Gasteiger partial charge in [-0.2, -0.15) is 0 Å².